The third-order valence-corrected chi connectivity index (χ3v) is 6.30. The van der Waals surface area contributed by atoms with Gasteiger partial charge in [-0.3, -0.25) is 9.59 Å². The average molecular weight is 507 g/mol. The van der Waals surface area contributed by atoms with Crippen LogP contribution in [0.1, 0.15) is 61.3 Å². The summed E-state index contributed by atoms with van der Waals surface area (Å²) in [6, 6.07) is 12.9. The van der Waals surface area contributed by atoms with Crippen LogP contribution in [-0.2, 0) is 10.2 Å². The number of nitrogens with zero attached hydrogens (tertiary/aromatic N) is 3. The topological polar surface area (TPSA) is 85.7 Å². The van der Waals surface area contributed by atoms with E-state index in [0.717, 1.165) is 22.5 Å². The van der Waals surface area contributed by atoms with E-state index in [4.69, 9.17) is 14.6 Å². The van der Waals surface area contributed by atoms with Gasteiger partial charge in [0.25, 0.3) is 5.91 Å². The quantitative estimate of drug-likeness (QED) is 0.426. The van der Waals surface area contributed by atoms with Gasteiger partial charge in [0, 0.05) is 24.1 Å². The Kier molecular flexibility index (Phi) is 8.63. The molecule has 37 heavy (non-hydrogen) atoms. The molecule has 1 N–H and O–H groups in total. The fourth-order valence-electron chi connectivity index (χ4n) is 4.01. The van der Waals surface area contributed by atoms with Crippen molar-refractivity contribution in [2.45, 2.75) is 53.4 Å². The summed E-state index contributed by atoms with van der Waals surface area (Å²) >= 11 is 0. The van der Waals surface area contributed by atoms with Crippen LogP contribution in [0.4, 0.5) is 5.82 Å². The number of methoxy groups -OCH3 is 2. The molecule has 0 aliphatic rings. The summed E-state index contributed by atoms with van der Waals surface area (Å²) in [4.78, 5) is 28.2. The maximum absolute atomic E-state index is 13.4. The van der Waals surface area contributed by atoms with Crippen LogP contribution in [0.25, 0.3) is 5.69 Å². The van der Waals surface area contributed by atoms with E-state index in [-0.39, 0.29) is 23.8 Å². The normalized spacial score (nSPS) is 11.2. The SMILES string of the molecule is CCCN(CC(=O)Nc1cc(C(C)(C)C)nn1-c1cccc(C)c1C)C(=O)c1ccc(OC)cc1OC. The van der Waals surface area contributed by atoms with E-state index in [1.807, 2.05) is 45.0 Å². The number of amides is 2. The van der Waals surface area contributed by atoms with Crippen molar-refractivity contribution < 1.29 is 19.1 Å². The Morgan fingerprint density at radius 2 is 1.78 bits per heavy atom. The third kappa shape index (κ3) is 6.31. The molecule has 0 bridgehead atoms. The minimum absolute atomic E-state index is 0.106. The molecule has 1 aromatic heterocycles. The number of hydrogen-bond donors (Lipinski definition) is 1. The van der Waals surface area contributed by atoms with E-state index in [0.29, 0.717) is 35.8 Å². The van der Waals surface area contributed by atoms with E-state index in [1.165, 1.54) is 12.0 Å². The Balaban J connectivity index is 1.91. The lowest BCUT2D eigenvalue weighted by Gasteiger charge is -2.23. The summed E-state index contributed by atoms with van der Waals surface area (Å²) in [5, 5.41) is 7.84. The minimum atomic E-state index is -0.304. The van der Waals surface area contributed by atoms with Gasteiger partial charge in [0.2, 0.25) is 5.91 Å². The van der Waals surface area contributed by atoms with Crippen molar-refractivity contribution in [3.05, 3.63) is 64.8 Å². The number of benzene rings is 2. The molecule has 8 nitrogen and oxygen atoms in total. The maximum Gasteiger partial charge on any atom is 0.258 e. The van der Waals surface area contributed by atoms with Crippen LogP contribution in [0.2, 0.25) is 0 Å². The van der Waals surface area contributed by atoms with Gasteiger partial charge in [-0.2, -0.15) is 5.10 Å². The molecule has 198 valence electrons. The molecular weight excluding hydrogens is 468 g/mol. The number of ether oxygens (including phenoxy) is 2. The Labute approximate surface area is 219 Å². The van der Waals surface area contributed by atoms with E-state index in [1.54, 1.807) is 30.0 Å². The Morgan fingerprint density at radius 1 is 1.05 bits per heavy atom. The van der Waals surface area contributed by atoms with Crippen LogP contribution in [0.5, 0.6) is 11.5 Å². The molecule has 1 heterocycles. The molecule has 0 aliphatic carbocycles. The lowest BCUT2D eigenvalue weighted by atomic mass is 9.92. The molecule has 3 aromatic rings. The first kappa shape index (κ1) is 27.8. The van der Waals surface area contributed by atoms with Crippen molar-refractivity contribution in [1.29, 1.82) is 0 Å². The zero-order valence-electron chi connectivity index (χ0n) is 23.1. The van der Waals surface area contributed by atoms with Gasteiger partial charge >= 0.3 is 0 Å². The summed E-state index contributed by atoms with van der Waals surface area (Å²) in [7, 11) is 3.06. The van der Waals surface area contributed by atoms with Gasteiger partial charge < -0.3 is 19.7 Å². The smallest absolute Gasteiger partial charge is 0.258 e. The number of rotatable bonds is 9. The Bertz CT molecular complexity index is 1270. The van der Waals surface area contributed by atoms with Crippen LogP contribution < -0.4 is 14.8 Å². The Hall–Kier alpha value is -3.81. The predicted octanol–water partition coefficient (Wildman–Crippen LogP) is 5.29. The summed E-state index contributed by atoms with van der Waals surface area (Å²) in [6.07, 6.45) is 0.700. The number of carbonyl (C=O) groups is 2. The van der Waals surface area contributed by atoms with Crippen LogP contribution in [0.15, 0.2) is 42.5 Å². The molecule has 2 amide bonds. The zero-order chi connectivity index (χ0) is 27.3. The summed E-state index contributed by atoms with van der Waals surface area (Å²) < 4.78 is 12.4. The van der Waals surface area contributed by atoms with Gasteiger partial charge in [-0.15, -0.1) is 0 Å². The van der Waals surface area contributed by atoms with Gasteiger partial charge in [0.1, 0.15) is 23.9 Å². The fraction of sp³-hybridized carbons (Fsp3) is 0.414. The van der Waals surface area contributed by atoms with Crippen LogP contribution in [-0.4, -0.2) is 53.8 Å². The molecule has 0 saturated heterocycles. The predicted molar refractivity (Wildman–Crippen MR) is 146 cm³/mol. The van der Waals surface area contributed by atoms with Crippen molar-refractivity contribution >= 4 is 17.6 Å². The number of nitrogens with one attached hydrogen (secondary N) is 1. The molecule has 2 aromatic carbocycles. The number of hydrogen-bond acceptors (Lipinski definition) is 5. The second-order valence-corrected chi connectivity index (χ2v) is 10.1. The minimum Gasteiger partial charge on any atom is -0.497 e. The number of carbonyl (C=O) groups excluding carboxylic acids is 2. The lowest BCUT2D eigenvalue weighted by Crippen LogP contribution is -2.39. The Morgan fingerprint density at radius 3 is 2.41 bits per heavy atom. The number of anilines is 1. The molecular formula is C29H38N4O4. The third-order valence-electron chi connectivity index (χ3n) is 6.30. The largest absolute Gasteiger partial charge is 0.497 e. The molecule has 0 spiro atoms. The molecule has 0 fully saturated rings. The lowest BCUT2D eigenvalue weighted by molar-refractivity contribution is -0.116. The van der Waals surface area contributed by atoms with E-state index >= 15 is 0 Å². The molecule has 0 saturated carbocycles. The van der Waals surface area contributed by atoms with Gasteiger partial charge in [-0.25, -0.2) is 4.68 Å². The second-order valence-electron chi connectivity index (χ2n) is 10.1. The highest BCUT2D eigenvalue weighted by atomic mass is 16.5. The molecule has 8 heteroatoms. The first-order chi connectivity index (χ1) is 17.5. The van der Waals surface area contributed by atoms with E-state index in [2.05, 4.69) is 26.1 Å². The van der Waals surface area contributed by atoms with Crippen LogP contribution in [0, 0.1) is 13.8 Å². The molecule has 0 unspecified atom stereocenters. The summed E-state index contributed by atoms with van der Waals surface area (Å²) in [5.74, 6) is 0.960. The first-order valence-electron chi connectivity index (χ1n) is 12.5. The number of aryl methyl sites for hydroxylation is 1. The van der Waals surface area contributed by atoms with Crippen molar-refractivity contribution in [3.8, 4) is 17.2 Å². The molecule has 0 atom stereocenters. The zero-order valence-corrected chi connectivity index (χ0v) is 23.1. The monoisotopic (exact) mass is 506 g/mol. The van der Waals surface area contributed by atoms with Gasteiger partial charge in [-0.05, 0) is 49.6 Å². The van der Waals surface area contributed by atoms with Crippen molar-refractivity contribution in [3.63, 3.8) is 0 Å². The first-order valence-corrected chi connectivity index (χ1v) is 12.5. The fourth-order valence-corrected chi connectivity index (χ4v) is 4.01. The van der Waals surface area contributed by atoms with Gasteiger partial charge in [-0.1, -0.05) is 39.8 Å². The average Bonchev–Trinajstić information content (AvgIpc) is 3.28. The second kappa shape index (κ2) is 11.5. The van der Waals surface area contributed by atoms with Crippen molar-refractivity contribution in [2.24, 2.45) is 0 Å². The van der Waals surface area contributed by atoms with Gasteiger partial charge in [0.15, 0.2) is 0 Å². The van der Waals surface area contributed by atoms with E-state index < -0.39 is 0 Å². The highest BCUT2D eigenvalue weighted by Crippen LogP contribution is 2.29. The van der Waals surface area contributed by atoms with Crippen molar-refractivity contribution in [1.82, 2.24) is 14.7 Å². The van der Waals surface area contributed by atoms with Gasteiger partial charge in [0.05, 0.1) is 31.2 Å². The van der Waals surface area contributed by atoms with Crippen LogP contribution >= 0.6 is 0 Å². The van der Waals surface area contributed by atoms with Crippen molar-refractivity contribution in [2.75, 3.05) is 32.6 Å². The van der Waals surface area contributed by atoms with E-state index in [9.17, 15) is 9.59 Å². The highest BCUT2D eigenvalue weighted by molar-refractivity contribution is 6.01. The summed E-state index contributed by atoms with van der Waals surface area (Å²) in [5.41, 5.74) is 4.13. The summed E-state index contributed by atoms with van der Waals surface area (Å²) in [6.45, 7) is 12.6. The standard InChI is InChI=1S/C29H38N4O4/c1-9-15-32(28(35)22-14-13-21(36-7)16-24(22)37-8)18-27(34)30-26-17-25(29(4,5)6)31-33(26)23-12-10-11-19(2)20(23)3/h10-14,16-17H,9,15,18H2,1-8H3,(H,30,34). The molecule has 0 aliphatic heterocycles. The van der Waals surface area contributed by atoms with Crippen LogP contribution in [0.3, 0.4) is 0 Å². The number of aromatic nitrogens is 2. The maximum atomic E-state index is 13.4. The molecule has 3 rings (SSSR count). The molecule has 0 radical (unpaired) electrons. The highest BCUT2D eigenvalue weighted by Gasteiger charge is 2.25.